The number of rotatable bonds is 4. The van der Waals surface area contributed by atoms with Crippen molar-refractivity contribution in [3.05, 3.63) is 60.0 Å². The number of hydrogen-bond donors (Lipinski definition) is 2. The van der Waals surface area contributed by atoms with Crippen LogP contribution in [0.2, 0.25) is 0 Å². The van der Waals surface area contributed by atoms with E-state index in [0.29, 0.717) is 12.1 Å². The highest BCUT2D eigenvalue weighted by Crippen LogP contribution is 2.17. The van der Waals surface area contributed by atoms with E-state index in [1.165, 1.54) is 6.20 Å². The van der Waals surface area contributed by atoms with E-state index in [0.717, 1.165) is 17.0 Å². The van der Waals surface area contributed by atoms with Crippen molar-refractivity contribution in [3.8, 4) is 11.3 Å². The van der Waals surface area contributed by atoms with Crippen LogP contribution in [0, 0.1) is 0 Å². The van der Waals surface area contributed by atoms with Crippen LogP contribution in [0.3, 0.4) is 0 Å². The van der Waals surface area contributed by atoms with Crippen LogP contribution in [0.15, 0.2) is 48.8 Å². The Morgan fingerprint density at radius 3 is 2.81 bits per heavy atom. The Morgan fingerprint density at radius 2 is 2.10 bits per heavy atom. The smallest absolute Gasteiger partial charge is 0.257 e. The summed E-state index contributed by atoms with van der Waals surface area (Å²) in [5, 5.41) is 13.7. The van der Waals surface area contributed by atoms with E-state index >= 15 is 0 Å². The van der Waals surface area contributed by atoms with Crippen LogP contribution in [0.4, 0.5) is 0 Å². The first-order valence-corrected chi connectivity index (χ1v) is 6.58. The highest BCUT2D eigenvalue weighted by atomic mass is 16.2. The summed E-state index contributed by atoms with van der Waals surface area (Å²) in [6, 6.07) is 11.9. The lowest BCUT2D eigenvalue weighted by Crippen LogP contribution is -2.26. The van der Waals surface area contributed by atoms with E-state index in [1.807, 2.05) is 36.4 Å². The van der Waals surface area contributed by atoms with E-state index < -0.39 is 0 Å². The lowest BCUT2D eigenvalue weighted by molar-refractivity contribution is 0.0783. The Bertz CT molecular complexity index is 718. The van der Waals surface area contributed by atoms with E-state index in [-0.39, 0.29) is 5.91 Å². The highest BCUT2D eigenvalue weighted by Gasteiger charge is 2.14. The Morgan fingerprint density at radius 1 is 1.29 bits per heavy atom. The van der Waals surface area contributed by atoms with Gasteiger partial charge in [-0.25, -0.2) is 0 Å². The molecule has 0 radical (unpaired) electrons. The minimum absolute atomic E-state index is 0.0837. The normalized spacial score (nSPS) is 10.5. The third-order valence-electron chi connectivity index (χ3n) is 3.20. The summed E-state index contributed by atoms with van der Waals surface area (Å²) in [7, 11) is 1.75. The fraction of sp³-hybridized carbons (Fsp3) is 0.133. The van der Waals surface area contributed by atoms with Crippen molar-refractivity contribution in [2.45, 2.75) is 6.54 Å². The molecule has 6 heteroatoms. The van der Waals surface area contributed by atoms with Gasteiger partial charge in [0, 0.05) is 18.8 Å². The molecule has 0 aliphatic carbocycles. The highest BCUT2D eigenvalue weighted by molar-refractivity contribution is 5.93. The number of carbonyl (C=O) groups excluding carboxylic acids is 1. The Hall–Kier alpha value is -2.89. The summed E-state index contributed by atoms with van der Waals surface area (Å²) in [5.74, 6) is -0.0837. The molecule has 3 aromatic rings. The predicted molar refractivity (Wildman–Crippen MR) is 78.4 cm³/mol. The van der Waals surface area contributed by atoms with Crippen LogP contribution >= 0.6 is 0 Å². The van der Waals surface area contributed by atoms with Crippen molar-refractivity contribution >= 4 is 5.91 Å². The van der Waals surface area contributed by atoms with Gasteiger partial charge in [-0.15, -0.1) is 0 Å². The molecule has 0 saturated carbocycles. The minimum atomic E-state index is -0.0837. The van der Waals surface area contributed by atoms with Crippen molar-refractivity contribution < 1.29 is 4.79 Å². The van der Waals surface area contributed by atoms with Gasteiger partial charge in [-0.2, -0.15) is 10.2 Å². The average molecular weight is 281 g/mol. The third-order valence-corrected chi connectivity index (χ3v) is 3.20. The van der Waals surface area contributed by atoms with Gasteiger partial charge in [-0.3, -0.25) is 15.0 Å². The van der Waals surface area contributed by atoms with Crippen LogP contribution in [0.1, 0.15) is 16.1 Å². The maximum Gasteiger partial charge on any atom is 0.257 e. The van der Waals surface area contributed by atoms with E-state index in [1.54, 1.807) is 18.1 Å². The molecule has 0 aliphatic rings. The first kappa shape index (κ1) is 13.1. The second kappa shape index (κ2) is 5.62. The van der Waals surface area contributed by atoms with Gasteiger partial charge in [0.15, 0.2) is 0 Å². The topological polar surface area (TPSA) is 77.7 Å². The molecule has 0 unspecified atom stereocenters. The van der Waals surface area contributed by atoms with Gasteiger partial charge in [0.05, 0.1) is 29.7 Å². The van der Waals surface area contributed by atoms with E-state index in [4.69, 9.17) is 0 Å². The fourth-order valence-corrected chi connectivity index (χ4v) is 2.11. The maximum atomic E-state index is 12.1. The quantitative estimate of drug-likeness (QED) is 0.768. The Labute approximate surface area is 121 Å². The number of amides is 1. The minimum Gasteiger partial charge on any atom is -0.336 e. The second-order valence-electron chi connectivity index (χ2n) is 4.79. The summed E-state index contributed by atoms with van der Waals surface area (Å²) in [6.45, 7) is 0.462. The molecule has 3 rings (SSSR count). The molecular weight excluding hydrogens is 266 g/mol. The van der Waals surface area contributed by atoms with E-state index in [9.17, 15) is 4.79 Å². The number of aromatic nitrogens is 4. The average Bonchev–Trinajstić information content (AvgIpc) is 3.19. The molecule has 0 fully saturated rings. The molecule has 1 aromatic carbocycles. The number of carbonyl (C=O) groups is 1. The lowest BCUT2D eigenvalue weighted by atomic mass is 10.1. The van der Waals surface area contributed by atoms with Gasteiger partial charge in [0.2, 0.25) is 0 Å². The van der Waals surface area contributed by atoms with Crippen molar-refractivity contribution in [3.63, 3.8) is 0 Å². The second-order valence-corrected chi connectivity index (χ2v) is 4.79. The molecule has 2 heterocycles. The number of nitrogens with one attached hydrogen (secondary N) is 2. The summed E-state index contributed by atoms with van der Waals surface area (Å²) in [6.07, 6.45) is 3.10. The van der Waals surface area contributed by atoms with Crippen LogP contribution < -0.4 is 0 Å². The van der Waals surface area contributed by atoms with Gasteiger partial charge in [0.1, 0.15) is 0 Å². The molecule has 6 nitrogen and oxygen atoms in total. The van der Waals surface area contributed by atoms with Crippen molar-refractivity contribution in [1.29, 1.82) is 0 Å². The molecule has 2 N–H and O–H groups in total. The molecule has 0 atom stereocenters. The fourth-order valence-electron chi connectivity index (χ4n) is 2.11. The zero-order valence-corrected chi connectivity index (χ0v) is 11.6. The standard InChI is InChI=1S/C15H15N5O/c1-20(15(21)12-8-16-17-9-12)10-13-7-14(19-18-13)11-5-3-2-4-6-11/h2-9H,10H2,1H3,(H,16,17)(H,18,19). The van der Waals surface area contributed by atoms with Gasteiger partial charge >= 0.3 is 0 Å². The van der Waals surface area contributed by atoms with Gasteiger partial charge < -0.3 is 4.90 Å². The zero-order chi connectivity index (χ0) is 14.7. The van der Waals surface area contributed by atoms with Crippen LogP contribution in [-0.4, -0.2) is 38.2 Å². The van der Waals surface area contributed by atoms with Crippen molar-refractivity contribution in [2.24, 2.45) is 0 Å². The SMILES string of the molecule is CN(Cc1cc(-c2ccccc2)n[nH]1)C(=O)c1cn[nH]c1. The molecule has 0 saturated heterocycles. The van der Waals surface area contributed by atoms with Gasteiger partial charge in [0.25, 0.3) is 5.91 Å². The first-order chi connectivity index (χ1) is 10.2. The van der Waals surface area contributed by atoms with E-state index in [2.05, 4.69) is 20.4 Å². The number of hydrogen-bond acceptors (Lipinski definition) is 3. The number of benzene rings is 1. The summed E-state index contributed by atoms with van der Waals surface area (Å²) in [5.41, 5.74) is 3.34. The van der Waals surface area contributed by atoms with Crippen molar-refractivity contribution in [2.75, 3.05) is 7.05 Å². The molecule has 0 bridgehead atoms. The monoisotopic (exact) mass is 281 g/mol. The molecule has 106 valence electrons. The molecule has 1 amide bonds. The summed E-state index contributed by atoms with van der Waals surface area (Å²) < 4.78 is 0. The molecule has 2 aromatic heterocycles. The number of aromatic amines is 2. The number of nitrogens with zero attached hydrogens (tertiary/aromatic N) is 3. The molecule has 0 aliphatic heterocycles. The lowest BCUT2D eigenvalue weighted by Gasteiger charge is -2.14. The van der Waals surface area contributed by atoms with Crippen LogP contribution in [0.25, 0.3) is 11.3 Å². The zero-order valence-electron chi connectivity index (χ0n) is 11.6. The first-order valence-electron chi connectivity index (χ1n) is 6.58. The predicted octanol–water partition coefficient (Wildman–Crippen LogP) is 2.07. The van der Waals surface area contributed by atoms with Crippen LogP contribution in [-0.2, 0) is 6.54 Å². The van der Waals surface area contributed by atoms with Gasteiger partial charge in [-0.05, 0) is 6.07 Å². The summed E-state index contributed by atoms with van der Waals surface area (Å²) in [4.78, 5) is 13.7. The molecule has 0 spiro atoms. The Balaban J connectivity index is 1.71. The Kier molecular flexibility index (Phi) is 3.51. The third kappa shape index (κ3) is 2.84. The summed E-state index contributed by atoms with van der Waals surface area (Å²) >= 11 is 0. The largest absolute Gasteiger partial charge is 0.336 e. The maximum absolute atomic E-state index is 12.1. The van der Waals surface area contributed by atoms with Crippen molar-refractivity contribution in [1.82, 2.24) is 25.3 Å². The van der Waals surface area contributed by atoms with Crippen LogP contribution in [0.5, 0.6) is 0 Å². The number of H-pyrrole nitrogens is 2. The van der Waals surface area contributed by atoms with Gasteiger partial charge in [-0.1, -0.05) is 30.3 Å². The molecule has 21 heavy (non-hydrogen) atoms. The molecular formula is C15H15N5O.